The molecule has 0 saturated carbocycles. The minimum atomic E-state index is 0. The number of hydrogen-bond acceptors (Lipinski definition) is 2. The van der Waals surface area contributed by atoms with Crippen LogP contribution in [-0.2, 0) is 4.79 Å². The molecule has 2 nitrogen and oxygen atoms in total. The second kappa shape index (κ2) is 8.86. The molecule has 0 atom stereocenters. The predicted octanol–water partition coefficient (Wildman–Crippen LogP) is -2.88. The van der Waals surface area contributed by atoms with Gasteiger partial charge in [-0.25, -0.2) is 0 Å². The van der Waals surface area contributed by atoms with E-state index >= 15 is 0 Å². The van der Waals surface area contributed by atoms with Gasteiger partial charge in [0.2, 0.25) is 0 Å². The number of nitrogens with zero attached hydrogens (tertiary/aromatic N) is 1. The van der Waals surface area contributed by atoms with Crippen LogP contribution in [0.1, 0.15) is 0 Å². The van der Waals surface area contributed by atoms with E-state index in [2.05, 4.69) is 12.0 Å². The van der Waals surface area contributed by atoms with Crippen LogP contribution in [0.4, 0.5) is 0 Å². The summed E-state index contributed by atoms with van der Waals surface area (Å²) >= 11 is 0. The van der Waals surface area contributed by atoms with Crippen LogP contribution in [0.2, 0.25) is 0 Å². The molecule has 0 aliphatic heterocycles. The molecular weight excluding hydrogens is 93.1 g/mol. The van der Waals surface area contributed by atoms with Crippen LogP contribution in [0, 0.1) is 7.05 Å². The van der Waals surface area contributed by atoms with Crippen molar-refractivity contribution in [3.63, 3.8) is 0 Å². The fraction of sp³-hybridized carbons (Fsp3) is 0. The van der Waals surface area contributed by atoms with E-state index in [1.807, 2.05) is 0 Å². The smallest absolute Gasteiger partial charge is 0.389 e. The first-order valence-corrected chi connectivity index (χ1v) is 0.744. The Balaban J connectivity index is 0. The summed E-state index contributed by atoms with van der Waals surface area (Å²) < 4.78 is 0. The summed E-state index contributed by atoms with van der Waals surface area (Å²) in [7, 11) is 2.81. The zero-order chi connectivity index (χ0) is 3.41. The van der Waals surface area contributed by atoms with Gasteiger partial charge in [-0.2, -0.15) is 7.05 Å². The van der Waals surface area contributed by atoms with E-state index in [0.29, 0.717) is 0 Å². The maximum Gasteiger partial charge on any atom is 1.00 e. The van der Waals surface area contributed by atoms with Crippen LogP contribution in [0.25, 0.3) is 0 Å². The third-order valence-electron chi connectivity index (χ3n) is 0.0645. The summed E-state index contributed by atoms with van der Waals surface area (Å²) in [5.74, 6) is 0. The molecule has 0 aliphatic rings. The minimum Gasteiger partial charge on any atom is -0.389 e. The molecule has 0 saturated heterocycles. The van der Waals surface area contributed by atoms with Gasteiger partial charge in [-0.05, 0) is 6.08 Å². The molecule has 0 radical (unpaired) electrons. The first kappa shape index (κ1) is 9.31. The molecule has 5 heavy (non-hydrogen) atoms. The van der Waals surface area contributed by atoms with E-state index in [-0.39, 0.29) is 51.4 Å². The molecule has 0 spiro atoms. The predicted molar refractivity (Wildman–Crippen MR) is 13.5 cm³/mol. The molecule has 0 aromatic rings. The first-order valence-electron chi connectivity index (χ1n) is 0.744. The molecule has 22 valence electrons. The van der Waals surface area contributed by atoms with Crippen molar-refractivity contribution in [2.75, 3.05) is 0 Å². The van der Waals surface area contributed by atoms with Gasteiger partial charge in [0.15, 0.2) is 0 Å². The molecule has 0 aromatic carbocycles. The molecular formula is C2H2KNO. The van der Waals surface area contributed by atoms with E-state index in [0.717, 1.165) is 0 Å². The number of isocyanates is 1. The van der Waals surface area contributed by atoms with Crippen molar-refractivity contribution in [1.82, 2.24) is 0 Å². The van der Waals surface area contributed by atoms with Gasteiger partial charge in [-0.15, -0.1) is 0 Å². The molecule has 0 aromatic heterocycles. The minimum absolute atomic E-state index is 0. The van der Waals surface area contributed by atoms with Gasteiger partial charge in [0.25, 0.3) is 0 Å². The van der Waals surface area contributed by atoms with Crippen LogP contribution in [0.3, 0.4) is 0 Å². The molecule has 0 bridgehead atoms. The largest absolute Gasteiger partial charge is 1.00 e. The van der Waals surface area contributed by atoms with Crippen molar-refractivity contribution in [2.24, 2.45) is 4.99 Å². The maximum absolute atomic E-state index is 8.82. The van der Waals surface area contributed by atoms with Crippen LogP contribution >= 0.6 is 0 Å². The van der Waals surface area contributed by atoms with Crippen molar-refractivity contribution >= 4 is 6.08 Å². The van der Waals surface area contributed by atoms with Gasteiger partial charge in [-0.3, -0.25) is 0 Å². The third-order valence-corrected chi connectivity index (χ3v) is 0.0645. The van der Waals surface area contributed by atoms with E-state index < -0.39 is 0 Å². The standard InChI is InChI=1S/C2H2NO.K/c1-3-2-4;/h1H2;/q-1;+1. The Morgan fingerprint density at radius 3 is 2.00 bits per heavy atom. The quantitative estimate of drug-likeness (QED) is 0.137. The summed E-state index contributed by atoms with van der Waals surface area (Å²) in [6.45, 7) is 0. The van der Waals surface area contributed by atoms with Crippen LogP contribution in [-0.4, -0.2) is 6.08 Å². The summed E-state index contributed by atoms with van der Waals surface area (Å²) in [6.07, 6.45) is 1.19. The van der Waals surface area contributed by atoms with Crippen molar-refractivity contribution in [3.05, 3.63) is 7.05 Å². The average Bonchev–Trinajstić information content (AvgIpc) is 1.37. The average molecular weight is 95.1 g/mol. The Kier molecular flexibility index (Phi) is 16.5. The Bertz CT molecular complexity index is 47.6. The summed E-state index contributed by atoms with van der Waals surface area (Å²) in [5, 5.41) is 0. The van der Waals surface area contributed by atoms with Crippen molar-refractivity contribution < 1.29 is 56.2 Å². The SMILES string of the molecule is [CH2-]N=C=O.[K+]. The molecule has 0 unspecified atom stereocenters. The summed E-state index contributed by atoms with van der Waals surface area (Å²) in [6, 6.07) is 0. The van der Waals surface area contributed by atoms with Gasteiger partial charge in [0, 0.05) is 0 Å². The monoisotopic (exact) mass is 95.0 g/mol. The van der Waals surface area contributed by atoms with Crippen molar-refractivity contribution in [2.45, 2.75) is 0 Å². The van der Waals surface area contributed by atoms with Crippen molar-refractivity contribution in [1.29, 1.82) is 0 Å². The van der Waals surface area contributed by atoms with Crippen LogP contribution in [0.5, 0.6) is 0 Å². The Hall–Kier alpha value is 0.886. The topological polar surface area (TPSA) is 29.4 Å². The zero-order valence-electron chi connectivity index (χ0n) is 3.06. The van der Waals surface area contributed by atoms with Crippen LogP contribution in [0.15, 0.2) is 4.99 Å². The van der Waals surface area contributed by atoms with E-state index in [1.165, 1.54) is 6.08 Å². The van der Waals surface area contributed by atoms with Gasteiger partial charge >= 0.3 is 51.4 Å². The zero-order valence-corrected chi connectivity index (χ0v) is 6.19. The van der Waals surface area contributed by atoms with Gasteiger partial charge in [0.1, 0.15) is 0 Å². The molecule has 0 amide bonds. The molecule has 0 rings (SSSR count). The van der Waals surface area contributed by atoms with E-state index in [4.69, 9.17) is 4.79 Å². The van der Waals surface area contributed by atoms with Gasteiger partial charge in [0.05, 0.1) is 0 Å². The number of hydrogen-bond donors (Lipinski definition) is 0. The Morgan fingerprint density at radius 2 is 2.00 bits per heavy atom. The van der Waals surface area contributed by atoms with Crippen molar-refractivity contribution in [3.8, 4) is 0 Å². The second-order valence-electron chi connectivity index (χ2n) is 0.249. The molecule has 3 heteroatoms. The van der Waals surface area contributed by atoms with Gasteiger partial charge < -0.3 is 9.79 Å². The maximum atomic E-state index is 8.82. The molecule has 0 aliphatic carbocycles. The van der Waals surface area contributed by atoms with E-state index in [1.54, 1.807) is 0 Å². The summed E-state index contributed by atoms with van der Waals surface area (Å²) in [4.78, 5) is 11.5. The third kappa shape index (κ3) is 11.4. The fourth-order valence-electron chi connectivity index (χ4n) is 0. The number of aliphatic imine (C=N–C) groups is 1. The van der Waals surface area contributed by atoms with E-state index in [9.17, 15) is 0 Å². The Morgan fingerprint density at radius 1 is 1.80 bits per heavy atom. The molecule has 0 fully saturated rings. The Labute approximate surface area is 73.1 Å². The number of carbonyl (C=O) groups excluding carboxylic acids is 1. The molecule has 0 N–H and O–H groups in total. The summed E-state index contributed by atoms with van der Waals surface area (Å²) in [5.41, 5.74) is 0. The molecule has 0 heterocycles. The van der Waals surface area contributed by atoms with Gasteiger partial charge in [-0.1, -0.05) is 0 Å². The van der Waals surface area contributed by atoms with Crippen LogP contribution < -0.4 is 51.4 Å². The second-order valence-corrected chi connectivity index (χ2v) is 0.249. The number of rotatable bonds is 0. The first-order chi connectivity index (χ1) is 1.91. The normalized spacial score (nSPS) is 3.20. The fourth-order valence-corrected chi connectivity index (χ4v) is 0.